The van der Waals surface area contributed by atoms with Crippen molar-refractivity contribution in [1.29, 1.82) is 0 Å². The minimum absolute atomic E-state index is 0.0450. The number of amides is 1. The van der Waals surface area contributed by atoms with Gasteiger partial charge in [0.05, 0.1) is 10.4 Å². The fraction of sp³-hybridized carbons (Fsp3) is 0.348. The molecule has 1 amide bonds. The molecule has 1 saturated heterocycles. The Morgan fingerprint density at radius 3 is 2.38 bits per heavy atom. The van der Waals surface area contributed by atoms with Crippen LogP contribution in [-0.2, 0) is 15.6 Å². The lowest BCUT2D eigenvalue weighted by atomic mass is 10.0. The minimum atomic E-state index is -3.80. The number of nitrogens with one attached hydrogen (secondary N) is 1. The van der Waals surface area contributed by atoms with Gasteiger partial charge in [0.1, 0.15) is 5.82 Å². The van der Waals surface area contributed by atoms with E-state index in [-0.39, 0.29) is 29.4 Å². The van der Waals surface area contributed by atoms with Crippen LogP contribution in [0.15, 0.2) is 57.9 Å². The summed E-state index contributed by atoms with van der Waals surface area (Å²) in [5.41, 5.74) is 0.135. The van der Waals surface area contributed by atoms with Crippen LogP contribution < -0.4 is 10.2 Å². The molecule has 180 valence electrons. The second kappa shape index (κ2) is 9.15. The zero-order valence-corrected chi connectivity index (χ0v) is 20.0. The van der Waals surface area contributed by atoms with Gasteiger partial charge in [-0.3, -0.25) is 4.79 Å². The van der Waals surface area contributed by atoms with E-state index < -0.39 is 21.5 Å². The summed E-state index contributed by atoms with van der Waals surface area (Å²) in [5.74, 6) is -0.0681. The largest absolute Gasteiger partial charge is 0.369 e. The summed E-state index contributed by atoms with van der Waals surface area (Å²) in [6.07, 6.45) is 0. The van der Waals surface area contributed by atoms with Crippen molar-refractivity contribution in [2.24, 2.45) is 0 Å². The zero-order valence-electron chi connectivity index (χ0n) is 19.2. The lowest BCUT2D eigenvalue weighted by Crippen LogP contribution is -2.48. The van der Waals surface area contributed by atoms with Crippen molar-refractivity contribution < 1.29 is 22.1 Å². The molecule has 1 aliphatic heterocycles. The Bertz CT molecular complexity index is 1280. The highest BCUT2D eigenvalue weighted by atomic mass is 32.2. The van der Waals surface area contributed by atoms with Crippen LogP contribution in [0.25, 0.3) is 0 Å². The highest BCUT2D eigenvalue weighted by Crippen LogP contribution is 2.23. The van der Waals surface area contributed by atoms with Gasteiger partial charge in [-0.05, 0) is 56.3 Å². The van der Waals surface area contributed by atoms with Gasteiger partial charge in [0, 0.05) is 44.4 Å². The van der Waals surface area contributed by atoms with Crippen molar-refractivity contribution in [3.8, 4) is 0 Å². The summed E-state index contributed by atoms with van der Waals surface area (Å²) < 4.78 is 46.1. The number of benzene rings is 2. The van der Waals surface area contributed by atoms with Crippen LogP contribution in [0.1, 0.15) is 35.9 Å². The Hall–Kier alpha value is -3.31. The third-order valence-electron chi connectivity index (χ3n) is 5.68. The van der Waals surface area contributed by atoms with E-state index in [9.17, 15) is 17.6 Å². The standard InChI is InChI=1S/C23H26FN5O4S/c1-16-25-22(27-33-16)23(2,3)26-21(30)17-5-4-6-20(15-17)34(31,32)29-13-11-28(12-14-29)19-9-7-18(24)8-10-19/h4-10,15H,11-14H2,1-3H3,(H,26,30). The normalized spacial score (nSPS) is 15.4. The highest BCUT2D eigenvalue weighted by molar-refractivity contribution is 7.89. The Labute approximate surface area is 197 Å². The van der Waals surface area contributed by atoms with E-state index in [1.807, 2.05) is 4.90 Å². The molecule has 9 nitrogen and oxygen atoms in total. The number of carbonyl (C=O) groups is 1. The number of sulfonamides is 1. The van der Waals surface area contributed by atoms with Crippen molar-refractivity contribution in [3.05, 3.63) is 71.6 Å². The SMILES string of the molecule is Cc1nc(C(C)(C)NC(=O)c2cccc(S(=O)(=O)N3CCN(c4ccc(F)cc4)CC3)c2)no1. The summed E-state index contributed by atoms with van der Waals surface area (Å²) in [6, 6.07) is 12.1. The van der Waals surface area contributed by atoms with Crippen LogP contribution in [0.2, 0.25) is 0 Å². The van der Waals surface area contributed by atoms with E-state index in [1.165, 1.54) is 28.6 Å². The molecule has 1 fully saturated rings. The minimum Gasteiger partial charge on any atom is -0.369 e. The molecule has 34 heavy (non-hydrogen) atoms. The fourth-order valence-corrected chi connectivity index (χ4v) is 5.22. The fourth-order valence-electron chi connectivity index (χ4n) is 3.75. The molecule has 3 aromatic rings. The van der Waals surface area contributed by atoms with Gasteiger partial charge in [0.2, 0.25) is 15.9 Å². The molecule has 1 aliphatic rings. The van der Waals surface area contributed by atoms with Crippen LogP contribution >= 0.6 is 0 Å². The summed E-state index contributed by atoms with van der Waals surface area (Å²) in [5, 5.41) is 6.68. The van der Waals surface area contributed by atoms with Crippen molar-refractivity contribution in [2.45, 2.75) is 31.2 Å². The lowest BCUT2D eigenvalue weighted by molar-refractivity contribution is 0.0907. The maximum absolute atomic E-state index is 13.3. The van der Waals surface area contributed by atoms with E-state index in [1.54, 1.807) is 45.0 Å². The van der Waals surface area contributed by atoms with Gasteiger partial charge in [-0.25, -0.2) is 12.8 Å². The van der Waals surface area contributed by atoms with E-state index in [4.69, 9.17) is 4.52 Å². The molecule has 11 heteroatoms. The number of hydrogen-bond donors (Lipinski definition) is 1. The number of nitrogens with zero attached hydrogens (tertiary/aromatic N) is 4. The van der Waals surface area contributed by atoms with Gasteiger partial charge in [-0.2, -0.15) is 9.29 Å². The second-order valence-corrected chi connectivity index (χ2v) is 10.5. The summed E-state index contributed by atoms with van der Waals surface area (Å²) in [7, 11) is -3.80. The summed E-state index contributed by atoms with van der Waals surface area (Å²) in [4.78, 5) is 19.1. The van der Waals surface area contributed by atoms with Crippen molar-refractivity contribution in [1.82, 2.24) is 19.8 Å². The molecule has 2 aromatic carbocycles. The third-order valence-corrected chi connectivity index (χ3v) is 7.57. The quantitative estimate of drug-likeness (QED) is 0.569. The first-order valence-corrected chi connectivity index (χ1v) is 12.2. The topological polar surface area (TPSA) is 109 Å². The van der Waals surface area contributed by atoms with Crippen LogP contribution in [0.5, 0.6) is 0 Å². The predicted octanol–water partition coefficient (Wildman–Crippen LogP) is 2.69. The summed E-state index contributed by atoms with van der Waals surface area (Å²) in [6.45, 7) is 6.63. The zero-order chi connectivity index (χ0) is 24.5. The lowest BCUT2D eigenvalue weighted by Gasteiger charge is -2.35. The Morgan fingerprint density at radius 2 is 1.76 bits per heavy atom. The Morgan fingerprint density at radius 1 is 1.09 bits per heavy atom. The average Bonchev–Trinajstić information content (AvgIpc) is 3.27. The van der Waals surface area contributed by atoms with E-state index >= 15 is 0 Å². The molecule has 0 aliphatic carbocycles. The predicted molar refractivity (Wildman–Crippen MR) is 123 cm³/mol. The maximum Gasteiger partial charge on any atom is 0.252 e. The molecule has 0 spiro atoms. The van der Waals surface area contributed by atoms with Crippen molar-refractivity contribution in [3.63, 3.8) is 0 Å². The van der Waals surface area contributed by atoms with Gasteiger partial charge < -0.3 is 14.7 Å². The molecule has 0 saturated carbocycles. The Kier molecular flexibility index (Phi) is 6.41. The molecule has 0 radical (unpaired) electrons. The van der Waals surface area contributed by atoms with E-state index in [0.29, 0.717) is 24.8 Å². The monoisotopic (exact) mass is 487 g/mol. The second-order valence-electron chi connectivity index (χ2n) is 8.61. The van der Waals surface area contributed by atoms with Crippen LogP contribution in [0, 0.1) is 12.7 Å². The summed E-state index contributed by atoms with van der Waals surface area (Å²) >= 11 is 0. The first kappa shape index (κ1) is 23.8. The molecule has 0 atom stereocenters. The highest BCUT2D eigenvalue weighted by Gasteiger charge is 2.31. The Balaban J connectivity index is 1.46. The van der Waals surface area contributed by atoms with Crippen LogP contribution in [-0.4, -0.2) is 54.9 Å². The molecule has 2 heterocycles. The van der Waals surface area contributed by atoms with E-state index in [2.05, 4.69) is 15.5 Å². The third kappa shape index (κ3) is 4.95. The number of rotatable bonds is 6. The van der Waals surface area contributed by atoms with Crippen molar-refractivity contribution >= 4 is 21.6 Å². The number of anilines is 1. The van der Waals surface area contributed by atoms with Crippen LogP contribution in [0.4, 0.5) is 10.1 Å². The molecule has 0 bridgehead atoms. The number of halogens is 1. The number of piperazine rings is 1. The molecule has 0 unspecified atom stereocenters. The number of hydrogen-bond acceptors (Lipinski definition) is 7. The number of aromatic nitrogens is 2. The first-order valence-electron chi connectivity index (χ1n) is 10.8. The maximum atomic E-state index is 13.3. The van der Waals surface area contributed by atoms with Gasteiger partial charge in [0.25, 0.3) is 5.91 Å². The number of aryl methyl sites for hydroxylation is 1. The average molecular weight is 488 g/mol. The molecular formula is C23H26FN5O4S. The van der Waals surface area contributed by atoms with Gasteiger partial charge >= 0.3 is 0 Å². The molecule has 1 N–H and O–H groups in total. The molecule has 4 rings (SSSR count). The molecule has 1 aromatic heterocycles. The van der Waals surface area contributed by atoms with Gasteiger partial charge in [0.15, 0.2) is 5.82 Å². The van der Waals surface area contributed by atoms with Crippen LogP contribution in [0.3, 0.4) is 0 Å². The smallest absolute Gasteiger partial charge is 0.252 e. The van der Waals surface area contributed by atoms with E-state index in [0.717, 1.165) is 5.69 Å². The first-order chi connectivity index (χ1) is 16.1. The number of carbonyl (C=O) groups excluding carboxylic acids is 1. The molecular weight excluding hydrogens is 461 g/mol. The van der Waals surface area contributed by atoms with Gasteiger partial charge in [-0.1, -0.05) is 11.2 Å². The van der Waals surface area contributed by atoms with Crippen molar-refractivity contribution in [2.75, 3.05) is 31.1 Å². The van der Waals surface area contributed by atoms with Gasteiger partial charge in [-0.15, -0.1) is 0 Å².